The van der Waals surface area contributed by atoms with Gasteiger partial charge in [-0.2, -0.15) is 0 Å². The quantitative estimate of drug-likeness (QED) is 0.643. The molecule has 1 aliphatic carbocycles. The highest BCUT2D eigenvalue weighted by Gasteiger charge is 2.21. The number of nitrogens with zero attached hydrogens (tertiary/aromatic N) is 2. The molecule has 1 aromatic rings. The maximum Gasteiger partial charge on any atom is 0.287 e. The second-order valence-electron chi connectivity index (χ2n) is 4.64. The summed E-state index contributed by atoms with van der Waals surface area (Å²) in [6.07, 6.45) is 6.45. The van der Waals surface area contributed by atoms with E-state index in [9.17, 15) is 10.1 Å². The van der Waals surface area contributed by atoms with E-state index >= 15 is 0 Å². The van der Waals surface area contributed by atoms with Crippen LogP contribution in [-0.2, 0) is 0 Å². The first-order chi connectivity index (χ1) is 8.16. The molecule has 2 rings (SSSR count). The number of aromatic nitrogens is 1. The number of nitrogens with one attached hydrogen (secondary N) is 1. The summed E-state index contributed by atoms with van der Waals surface area (Å²) in [7, 11) is 0. The molecule has 1 unspecified atom stereocenters. The van der Waals surface area contributed by atoms with Crippen molar-refractivity contribution in [2.24, 2.45) is 5.92 Å². The highest BCUT2D eigenvalue weighted by Crippen LogP contribution is 2.29. The first kappa shape index (κ1) is 11.8. The molecule has 1 atom stereocenters. The van der Waals surface area contributed by atoms with Crippen LogP contribution in [0.15, 0.2) is 18.3 Å². The van der Waals surface area contributed by atoms with Crippen molar-refractivity contribution in [3.05, 3.63) is 28.4 Å². The predicted octanol–water partition coefficient (Wildman–Crippen LogP) is 2.98. The van der Waals surface area contributed by atoms with E-state index in [1.807, 2.05) is 0 Å². The van der Waals surface area contributed by atoms with Crippen molar-refractivity contribution >= 4 is 11.5 Å². The van der Waals surface area contributed by atoms with Gasteiger partial charge in [0.25, 0.3) is 5.69 Å². The van der Waals surface area contributed by atoms with E-state index in [1.54, 1.807) is 6.07 Å². The fraction of sp³-hybridized carbons (Fsp3) is 0.583. The molecule has 0 aromatic carbocycles. The highest BCUT2D eigenvalue weighted by atomic mass is 16.6. The Bertz CT molecular complexity index is 385. The molecule has 5 nitrogen and oxygen atoms in total. The summed E-state index contributed by atoms with van der Waals surface area (Å²) in [6.45, 7) is 2.15. The van der Waals surface area contributed by atoms with Crippen LogP contribution in [0.4, 0.5) is 11.5 Å². The van der Waals surface area contributed by atoms with Crippen LogP contribution in [0.2, 0.25) is 0 Å². The molecule has 5 heteroatoms. The molecule has 1 aliphatic rings. The van der Waals surface area contributed by atoms with E-state index in [-0.39, 0.29) is 5.69 Å². The third kappa shape index (κ3) is 2.93. The lowest BCUT2D eigenvalue weighted by atomic mass is 10.00. The van der Waals surface area contributed by atoms with Crippen LogP contribution < -0.4 is 5.32 Å². The fourth-order valence-corrected chi connectivity index (χ4v) is 2.39. The number of rotatable bonds is 4. The Labute approximate surface area is 100 Å². The lowest BCUT2D eigenvalue weighted by molar-refractivity contribution is -0.385. The molecule has 0 aliphatic heterocycles. The van der Waals surface area contributed by atoms with Crippen molar-refractivity contribution < 1.29 is 4.92 Å². The van der Waals surface area contributed by atoms with E-state index in [1.165, 1.54) is 37.9 Å². The minimum atomic E-state index is -0.433. The molecular formula is C12H17N3O2. The van der Waals surface area contributed by atoms with Crippen molar-refractivity contribution in [1.29, 1.82) is 0 Å². The van der Waals surface area contributed by atoms with Crippen LogP contribution >= 0.6 is 0 Å². The lowest BCUT2D eigenvalue weighted by Gasteiger charge is -2.20. The molecule has 1 heterocycles. The molecule has 0 bridgehead atoms. The summed E-state index contributed by atoms with van der Waals surface area (Å²) >= 11 is 0. The van der Waals surface area contributed by atoms with Crippen molar-refractivity contribution in [2.75, 3.05) is 5.32 Å². The minimum Gasteiger partial charge on any atom is -0.367 e. The normalized spacial score (nSPS) is 17.9. The topological polar surface area (TPSA) is 68.1 Å². The lowest BCUT2D eigenvalue weighted by Crippen LogP contribution is -2.24. The average Bonchev–Trinajstić information content (AvgIpc) is 2.83. The molecule has 1 aromatic heterocycles. The van der Waals surface area contributed by atoms with Gasteiger partial charge in [-0.1, -0.05) is 12.8 Å². The summed E-state index contributed by atoms with van der Waals surface area (Å²) in [5, 5.41) is 13.8. The SMILES string of the molecule is CC(Nc1ccc([N+](=O)[O-])cn1)C1CCCC1. The van der Waals surface area contributed by atoms with Crippen molar-refractivity contribution in [1.82, 2.24) is 4.98 Å². The van der Waals surface area contributed by atoms with Crippen LogP contribution in [0.5, 0.6) is 0 Å². The first-order valence-electron chi connectivity index (χ1n) is 6.04. The second-order valence-corrected chi connectivity index (χ2v) is 4.64. The number of hydrogen-bond acceptors (Lipinski definition) is 4. The zero-order chi connectivity index (χ0) is 12.3. The predicted molar refractivity (Wildman–Crippen MR) is 65.9 cm³/mol. The molecule has 1 N–H and O–H groups in total. The second kappa shape index (κ2) is 5.12. The Morgan fingerprint density at radius 2 is 2.18 bits per heavy atom. The van der Waals surface area contributed by atoms with E-state index < -0.39 is 4.92 Å². The van der Waals surface area contributed by atoms with Crippen LogP contribution in [-0.4, -0.2) is 15.9 Å². The molecule has 0 saturated heterocycles. The van der Waals surface area contributed by atoms with Gasteiger partial charge in [-0.15, -0.1) is 0 Å². The largest absolute Gasteiger partial charge is 0.367 e. The zero-order valence-corrected chi connectivity index (χ0v) is 9.93. The molecule has 17 heavy (non-hydrogen) atoms. The molecule has 0 spiro atoms. The maximum absolute atomic E-state index is 10.5. The number of anilines is 1. The first-order valence-corrected chi connectivity index (χ1v) is 6.04. The van der Waals surface area contributed by atoms with Crippen molar-refractivity contribution in [3.63, 3.8) is 0 Å². The van der Waals surface area contributed by atoms with Gasteiger partial charge in [0, 0.05) is 12.1 Å². The van der Waals surface area contributed by atoms with Gasteiger partial charge in [0.05, 0.1) is 4.92 Å². The molecule has 0 radical (unpaired) electrons. The summed E-state index contributed by atoms with van der Waals surface area (Å²) in [4.78, 5) is 14.1. The van der Waals surface area contributed by atoms with Gasteiger partial charge in [0.1, 0.15) is 12.0 Å². The average molecular weight is 235 g/mol. The Morgan fingerprint density at radius 1 is 1.47 bits per heavy atom. The summed E-state index contributed by atoms with van der Waals surface area (Å²) in [5.41, 5.74) is 0.0315. The van der Waals surface area contributed by atoms with E-state index in [0.717, 1.165) is 5.82 Å². The molecule has 92 valence electrons. The van der Waals surface area contributed by atoms with Gasteiger partial charge >= 0.3 is 0 Å². The van der Waals surface area contributed by atoms with Gasteiger partial charge in [0.15, 0.2) is 0 Å². The Morgan fingerprint density at radius 3 is 2.71 bits per heavy atom. The van der Waals surface area contributed by atoms with Crippen LogP contribution in [0.25, 0.3) is 0 Å². The van der Waals surface area contributed by atoms with Crippen LogP contribution in [0, 0.1) is 16.0 Å². The van der Waals surface area contributed by atoms with Crippen LogP contribution in [0.1, 0.15) is 32.6 Å². The number of hydrogen-bond donors (Lipinski definition) is 1. The molecule has 1 saturated carbocycles. The third-order valence-corrected chi connectivity index (χ3v) is 3.44. The highest BCUT2D eigenvalue weighted by molar-refractivity contribution is 5.40. The third-order valence-electron chi connectivity index (χ3n) is 3.44. The monoisotopic (exact) mass is 235 g/mol. The van der Waals surface area contributed by atoms with E-state index in [4.69, 9.17) is 0 Å². The van der Waals surface area contributed by atoms with Gasteiger partial charge in [-0.25, -0.2) is 4.98 Å². The van der Waals surface area contributed by atoms with Gasteiger partial charge in [-0.3, -0.25) is 10.1 Å². The Hall–Kier alpha value is -1.65. The van der Waals surface area contributed by atoms with Gasteiger partial charge < -0.3 is 5.32 Å². The van der Waals surface area contributed by atoms with Crippen LogP contribution in [0.3, 0.4) is 0 Å². The van der Waals surface area contributed by atoms with Gasteiger partial charge in [0.2, 0.25) is 0 Å². The maximum atomic E-state index is 10.5. The van der Waals surface area contributed by atoms with Crippen molar-refractivity contribution in [2.45, 2.75) is 38.6 Å². The number of nitro groups is 1. The zero-order valence-electron chi connectivity index (χ0n) is 9.93. The standard InChI is InChI=1S/C12H17N3O2/c1-9(10-4-2-3-5-10)14-12-7-6-11(8-13-12)15(16)17/h6-10H,2-5H2,1H3,(H,13,14). The smallest absolute Gasteiger partial charge is 0.287 e. The van der Waals surface area contributed by atoms with Gasteiger partial charge in [-0.05, 0) is 31.7 Å². The van der Waals surface area contributed by atoms with E-state index in [0.29, 0.717) is 12.0 Å². The molecule has 1 fully saturated rings. The summed E-state index contributed by atoms with van der Waals surface area (Å²) in [5.74, 6) is 1.42. The Kier molecular flexibility index (Phi) is 3.56. The minimum absolute atomic E-state index is 0.0315. The van der Waals surface area contributed by atoms with E-state index in [2.05, 4.69) is 17.2 Å². The van der Waals surface area contributed by atoms with Crippen molar-refractivity contribution in [3.8, 4) is 0 Å². The Balaban J connectivity index is 1.96. The summed E-state index contributed by atoms with van der Waals surface area (Å²) in [6, 6.07) is 3.53. The fourth-order valence-electron chi connectivity index (χ4n) is 2.39. The summed E-state index contributed by atoms with van der Waals surface area (Å²) < 4.78 is 0. The molecular weight excluding hydrogens is 218 g/mol. The molecule has 0 amide bonds. The number of pyridine rings is 1.